The lowest BCUT2D eigenvalue weighted by Crippen LogP contribution is -2.20. The molecule has 0 saturated heterocycles. The zero-order valence-electron chi connectivity index (χ0n) is 10.4. The Kier molecular flexibility index (Phi) is 4.41. The number of hydrogen-bond acceptors (Lipinski definition) is 5. The number of aromatic carboxylic acids is 1. The summed E-state index contributed by atoms with van der Waals surface area (Å²) in [6.45, 7) is 5.71. The fourth-order valence-electron chi connectivity index (χ4n) is 1.34. The van der Waals surface area contributed by atoms with Gasteiger partial charge in [-0.1, -0.05) is 12.2 Å². The van der Waals surface area contributed by atoms with E-state index < -0.39 is 11.6 Å². The summed E-state index contributed by atoms with van der Waals surface area (Å²) in [6.07, 6.45) is 0. The van der Waals surface area contributed by atoms with E-state index in [2.05, 4.69) is 17.6 Å². The van der Waals surface area contributed by atoms with E-state index in [1.807, 2.05) is 20.8 Å². The van der Waals surface area contributed by atoms with Crippen molar-refractivity contribution in [1.82, 2.24) is 4.98 Å². The van der Waals surface area contributed by atoms with E-state index in [4.69, 9.17) is 27.8 Å². The minimum atomic E-state index is -1.14. The van der Waals surface area contributed by atoms with Crippen LogP contribution in [0.3, 0.4) is 0 Å². The molecule has 0 unspecified atom stereocenters. The SMILES string of the molecule is CC(C)(C)OCc1c(C(=O)O)c(N)[nH]c(=S)c1S. The summed E-state index contributed by atoms with van der Waals surface area (Å²) in [4.78, 5) is 14.2. The van der Waals surface area contributed by atoms with Crippen molar-refractivity contribution in [2.45, 2.75) is 37.9 Å². The number of anilines is 1. The number of pyridine rings is 1. The van der Waals surface area contributed by atoms with Gasteiger partial charge in [-0.25, -0.2) is 4.79 Å². The third-order valence-corrected chi connectivity index (χ3v) is 3.13. The maximum Gasteiger partial charge on any atom is 0.339 e. The normalized spacial score (nSPS) is 11.6. The number of aromatic amines is 1. The number of carbonyl (C=O) groups is 1. The van der Waals surface area contributed by atoms with Gasteiger partial charge in [-0.3, -0.25) is 0 Å². The van der Waals surface area contributed by atoms with Crippen molar-refractivity contribution in [2.24, 2.45) is 0 Å². The monoisotopic (exact) mass is 288 g/mol. The van der Waals surface area contributed by atoms with Crippen molar-refractivity contribution in [3.05, 3.63) is 15.8 Å². The van der Waals surface area contributed by atoms with Gasteiger partial charge in [0.1, 0.15) is 16.0 Å². The molecule has 5 nitrogen and oxygen atoms in total. The maximum atomic E-state index is 11.2. The van der Waals surface area contributed by atoms with Gasteiger partial charge in [0.25, 0.3) is 0 Å². The molecule has 0 spiro atoms. The largest absolute Gasteiger partial charge is 0.478 e. The first-order valence-corrected chi connectivity index (χ1v) is 6.10. The average molecular weight is 288 g/mol. The number of nitrogen functional groups attached to an aromatic ring is 1. The Balaban J connectivity index is 3.31. The first-order valence-electron chi connectivity index (χ1n) is 5.24. The van der Waals surface area contributed by atoms with Gasteiger partial charge >= 0.3 is 5.97 Å². The van der Waals surface area contributed by atoms with Gasteiger partial charge in [-0.05, 0) is 20.8 Å². The highest BCUT2D eigenvalue weighted by Gasteiger charge is 2.20. The maximum absolute atomic E-state index is 11.2. The average Bonchev–Trinajstić information content (AvgIpc) is 2.19. The second-order valence-electron chi connectivity index (χ2n) is 4.78. The lowest BCUT2D eigenvalue weighted by atomic mass is 10.1. The molecule has 0 saturated carbocycles. The number of nitrogens with one attached hydrogen (secondary N) is 1. The van der Waals surface area contributed by atoms with E-state index in [0.29, 0.717) is 15.1 Å². The predicted molar refractivity (Wildman–Crippen MR) is 74.8 cm³/mol. The zero-order chi connectivity index (χ0) is 14.1. The topological polar surface area (TPSA) is 88.3 Å². The number of ether oxygens (including phenoxy) is 1. The molecule has 18 heavy (non-hydrogen) atoms. The fourth-order valence-corrected chi connectivity index (χ4v) is 1.80. The van der Waals surface area contributed by atoms with E-state index >= 15 is 0 Å². The predicted octanol–water partition coefficient (Wildman–Crippen LogP) is 2.63. The molecule has 0 aliphatic rings. The van der Waals surface area contributed by atoms with Crippen molar-refractivity contribution >= 4 is 36.6 Å². The quantitative estimate of drug-likeness (QED) is 0.507. The molecule has 0 radical (unpaired) electrons. The number of hydrogen-bond donors (Lipinski definition) is 4. The molecule has 1 aromatic heterocycles. The van der Waals surface area contributed by atoms with E-state index in [1.165, 1.54) is 0 Å². The Morgan fingerprint density at radius 1 is 1.56 bits per heavy atom. The van der Waals surface area contributed by atoms with Crippen LogP contribution in [-0.2, 0) is 11.3 Å². The molecule has 100 valence electrons. The number of rotatable bonds is 3. The van der Waals surface area contributed by atoms with E-state index in [9.17, 15) is 4.79 Å². The van der Waals surface area contributed by atoms with Gasteiger partial charge in [-0.15, -0.1) is 12.6 Å². The van der Waals surface area contributed by atoms with Crippen LogP contribution in [0.4, 0.5) is 5.82 Å². The molecule has 1 heterocycles. The summed E-state index contributed by atoms with van der Waals surface area (Å²) in [6, 6.07) is 0. The summed E-state index contributed by atoms with van der Waals surface area (Å²) in [7, 11) is 0. The van der Waals surface area contributed by atoms with Crippen molar-refractivity contribution in [2.75, 3.05) is 5.73 Å². The number of carboxylic acid groups (broad SMARTS) is 1. The summed E-state index contributed by atoms with van der Waals surface area (Å²) >= 11 is 9.24. The molecular weight excluding hydrogens is 272 g/mol. The van der Waals surface area contributed by atoms with Crippen LogP contribution in [0.2, 0.25) is 0 Å². The second-order valence-corrected chi connectivity index (χ2v) is 5.63. The number of H-pyrrole nitrogens is 1. The summed E-state index contributed by atoms with van der Waals surface area (Å²) in [5, 5.41) is 9.17. The van der Waals surface area contributed by atoms with E-state index in [0.717, 1.165) is 0 Å². The van der Waals surface area contributed by atoms with Crippen LogP contribution in [0.15, 0.2) is 4.90 Å². The molecular formula is C11H16N2O3S2. The molecule has 0 bridgehead atoms. The molecule has 0 aromatic carbocycles. The van der Waals surface area contributed by atoms with Crippen molar-refractivity contribution < 1.29 is 14.6 Å². The molecule has 0 fully saturated rings. The molecule has 1 aromatic rings. The minimum absolute atomic E-state index is 0.0119. The van der Waals surface area contributed by atoms with Gasteiger partial charge in [-0.2, -0.15) is 0 Å². The van der Waals surface area contributed by atoms with Crippen molar-refractivity contribution in [3.8, 4) is 0 Å². The highest BCUT2D eigenvalue weighted by Crippen LogP contribution is 2.26. The molecule has 0 atom stereocenters. The van der Waals surface area contributed by atoms with Gasteiger partial charge in [0.2, 0.25) is 0 Å². The van der Waals surface area contributed by atoms with Gasteiger partial charge in [0, 0.05) is 10.5 Å². The van der Waals surface area contributed by atoms with Crippen LogP contribution >= 0.6 is 24.8 Å². The Morgan fingerprint density at radius 2 is 2.11 bits per heavy atom. The lowest BCUT2D eigenvalue weighted by molar-refractivity contribution is -0.0163. The van der Waals surface area contributed by atoms with Gasteiger partial charge in [0.15, 0.2) is 0 Å². The van der Waals surface area contributed by atoms with E-state index in [-0.39, 0.29) is 18.0 Å². The second kappa shape index (κ2) is 5.29. The van der Waals surface area contributed by atoms with Crippen LogP contribution in [-0.4, -0.2) is 21.7 Å². The van der Waals surface area contributed by atoms with E-state index in [1.54, 1.807) is 0 Å². The van der Waals surface area contributed by atoms with Crippen LogP contribution in [0.5, 0.6) is 0 Å². The summed E-state index contributed by atoms with van der Waals surface area (Å²) in [5.74, 6) is -1.13. The van der Waals surface area contributed by atoms with Crippen LogP contribution in [0, 0.1) is 4.64 Å². The van der Waals surface area contributed by atoms with Crippen molar-refractivity contribution in [1.29, 1.82) is 0 Å². The third-order valence-electron chi connectivity index (χ3n) is 2.18. The number of carboxylic acids is 1. The van der Waals surface area contributed by atoms with Gasteiger partial charge in [0.05, 0.1) is 12.2 Å². The molecule has 0 aliphatic heterocycles. The smallest absolute Gasteiger partial charge is 0.339 e. The van der Waals surface area contributed by atoms with Gasteiger partial charge < -0.3 is 20.6 Å². The number of thiol groups is 1. The molecule has 1 rings (SSSR count). The Labute approximate surface area is 116 Å². The van der Waals surface area contributed by atoms with Crippen molar-refractivity contribution in [3.63, 3.8) is 0 Å². The molecule has 0 amide bonds. The highest BCUT2D eigenvalue weighted by atomic mass is 32.1. The molecule has 7 heteroatoms. The molecule has 4 N–H and O–H groups in total. The summed E-state index contributed by atoms with van der Waals surface area (Å²) < 4.78 is 5.87. The number of aromatic nitrogens is 1. The molecule has 0 aliphatic carbocycles. The Hall–Kier alpha value is -1.05. The first kappa shape index (κ1) is 15.0. The van der Waals surface area contributed by atoms with Crippen LogP contribution in [0.1, 0.15) is 36.7 Å². The highest BCUT2D eigenvalue weighted by molar-refractivity contribution is 7.81. The zero-order valence-corrected chi connectivity index (χ0v) is 12.1. The Morgan fingerprint density at radius 3 is 2.56 bits per heavy atom. The first-order chi connectivity index (χ1) is 8.13. The fraction of sp³-hybridized carbons (Fsp3) is 0.455. The minimum Gasteiger partial charge on any atom is -0.478 e. The standard InChI is InChI=1S/C11H16N2O3S2/c1-11(2,3)16-4-5-6(10(14)15)8(12)13-9(18)7(5)17/h17H,4H2,1-3H3,(H,14,15)(H3,12,13,18). The Bertz CT molecular complexity index is 532. The van der Waals surface area contributed by atoms with Crippen LogP contribution in [0.25, 0.3) is 0 Å². The lowest BCUT2D eigenvalue weighted by Gasteiger charge is -2.21. The third kappa shape index (κ3) is 3.47. The number of nitrogens with two attached hydrogens (primary N) is 1. The van der Waals surface area contributed by atoms with Crippen LogP contribution < -0.4 is 5.73 Å². The summed E-state index contributed by atoms with van der Waals surface area (Å²) in [5.41, 5.74) is 5.59.